The van der Waals surface area contributed by atoms with Crippen LogP contribution in [0.3, 0.4) is 0 Å². The molecule has 0 atom stereocenters. The van der Waals surface area contributed by atoms with Gasteiger partial charge in [0, 0.05) is 17.7 Å². The number of amides is 1. The van der Waals surface area contributed by atoms with Crippen LogP contribution in [0, 0.1) is 0 Å². The van der Waals surface area contributed by atoms with Crippen LogP contribution in [0.2, 0.25) is 0 Å². The third kappa shape index (κ3) is 3.95. The number of hydrogen-bond donors (Lipinski definition) is 1. The molecule has 0 unspecified atom stereocenters. The molecule has 0 aliphatic heterocycles. The van der Waals surface area contributed by atoms with Gasteiger partial charge in [-0.3, -0.25) is 4.79 Å². The van der Waals surface area contributed by atoms with Gasteiger partial charge in [0.2, 0.25) is 5.91 Å². The maximum atomic E-state index is 11.7. The molecule has 0 saturated carbocycles. The van der Waals surface area contributed by atoms with Crippen molar-refractivity contribution in [2.75, 3.05) is 5.32 Å². The highest BCUT2D eigenvalue weighted by Gasteiger charge is 2.04. The first-order valence-electron chi connectivity index (χ1n) is 6.58. The number of aromatic nitrogens is 1. The third-order valence-corrected chi connectivity index (χ3v) is 2.89. The molecule has 0 radical (unpaired) electrons. The number of hydrogen-bond acceptors (Lipinski definition) is 3. The number of benzene rings is 1. The summed E-state index contributed by atoms with van der Waals surface area (Å²) in [4.78, 5) is 15.5. The first-order valence-corrected chi connectivity index (χ1v) is 6.58. The third-order valence-electron chi connectivity index (χ3n) is 2.89. The number of rotatable bonds is 6. The maximum Gasteiger partial charge on any atom is 0.224 e. The van der Waals surface area contributed by atoms with Crippen molar-refractivity contribution in [3.63, 3.8) is 0 Å². The quantitative estimate of drug-likeness (QED) is 0.800. The molecule has 19 heavy (non-hydrogen) atoms. The number of nitrogens with zero attached hydrogens (tertiary/aromatic N) is 1. The van der Waals surface area contributed by atoms with E-state index in [9.17, 15) is 4.79 Å². The van der Waals surface area contributed by atoms with E-state index in [0.717, 1.165) is 36.3 Å². The van der Waals surface area contributed by atoms with E-state index in [1.54, 1.807) is 6.20 Å². The van der Waals surface area contributed by atoms with Crippen molar-refractivity contribution in [2.45, 2.75) is 32.6 Å². The summed E-state index contributed by atoms with van der Waals surface area (Å²) in [6, 6.07) is 7.55. The van der Waals surface area contributed by atoms with E-state index in [1.165, 1.54) is 6.39 Å². The minimum absolute atomic E-state index is 0.0702. The lowest BCUT2D eigenvalue weighted by Crippen LogP contribution is -2.10. The average molecular weight is 258 g/mol. The van der Waals surface area contributed by atoms with E-state index in [2.05, 4.69) is 17.2 Å². The van der Waals surface area contributed by atoms with Gasteiger partial charge in [0.25, 0.3) is 0 Å². The second-order valence-corrected chi connectivity index (χ2v) is 4.45. The number of unbranched alkanes of at least 4 members (excludes halogenated alkanes) is 2. The van der Waals surface area contributed by atoms with Gasteiger partial charge >= 0.3 is 0 Å². The Balaban J connectivity index is 1.90. The van der Waals surface area contributed by atoms with E-state index in [4.69, 9.17) is 4.42 Å². The largest absolute Gasteiger partial charge is 0.444 e. The van der Waals surface area contributed by atoms with Crippen LogP contribution >= 0.6 is 0 Å². The van der Waals surface area contributed by atoms with Crippen LogP contribution in [-0.4, -0.2) is 10.9 Å². The molecule has 4 nitrogen and oxygen atoms in total. The molecule has 1 N–H and O–H groups in total. The molecule has 1 heterocycles. The van der Waals surface area contributed by atoms with E-state index >= 15 is 0 Å². The van der Waals surface area contributed by atoms with Crippen molar-refractivity contribution in [3.8, 4) is 11.3 Å². The predicted octanol–water partition coefficient (Wildman–Crippen LogP) is 3.86. The van der Waals surface area contributed by atoms with Crippen molar-refractivity contribution in [1.82, 2.24) is 4.98 Å². The highest BCUT2D eigenvalue weighted by atomic mass is 16.3. The van der Waals surface area contributed by atoms with Gasteiger partial charge in [-0.1, -0.05) is 19.8 Å². The fraction of sp³-hybridized carbons (Fsp3) is 0.333. The van der Waals surface area contributed by atoms with E-state index in [1.807, 2.05) is 24.3 Å². The second kappa shape index (κ2) is 6.73. The number of carbonyl (C=O) groups excluding carboxylic acids is 1. The Labute approximate surface area is 112 Å². The number of nitrogens with one attached hydrogen (secondary N) is 1. The number of oxazole rings is 1. The van der Waals surface area contributed by atoms with E-state index in [-0.39, 0.29) is 5.91 Å². The topological polar surface area (TPSA) is 55.1 Å². The number of anilines is 1. The fourth-order valence-corrected chi connectivity index (χ4v) is 1.84. The van der Waals surface area contributed by atoms with Crippen LogP contribution < -0.4 is 5.32 Å². The first kappa shape index (κ1) is 13.3. The zero-order chi connectivity index (χ0) is 13.5. The molecule has 1 aromatic carbocycles. The molecule has 0 aliphatic carbocycles. The minimum Gasteiger partial charge on any atom is -0.444 e. The van der Waals surface area contributed by atoms with Gasteiger partial charge in [-0.25, -0.2) is 4.98 Å². The Morgan fingerprint density at radius 1 is 1.26 bits per heavy atom. The summed E-state index contributed by atoms with van der Waals surface area (Å²) in [6.45, 7) is 2.13. The van der Waals surface area contributed by atoms with Crippen molar-refractivity contribution in [3.05, 3.63) is 36.9 Å². The zero-order valence-corrected chi connectivity index (χ0v) is 11.1. The van der Waals surface area contributed by atoms with Crippen molar-refractivity contribution in [2.24, 2.45) is 0 Å². The lowest BCUT2D eigenvalue weighted by molar-refractivity contribution is -0.116. The van der Waals surface area contributed by atoms with Gasteiger partial charge < -0.3 is 9.73 Å². The maximum absolute atomic E-state index is 11.7. The van der Waals surface area contributed by atoms with Gasteiger partial charge in [-0.05, 0) is 30.7 Å². The van der Waals surface area contributed by atoms with E-state index in [0.29, 0.717) is 6.42 Å². The summed E-state index contributed by atoms with van der Waals surface area (Å²) in [7, 11) is 0. The van der Waals surface area contributed by atoms with E-state index < -0.39 is 0 Å². The molecule has 0 bridgehead atoms. The molecule has 4 heteroatoms. The normalized spacial score (nSPS) is 10.4. The molecule has 100 valence electrons. The molecule has 2 aromatic rings. The highest BCUT2D eigenvalue weighted by molar-refractivity contribution is 5.90. The number of carbonyl (C=O) groups is 1. The summed E-state index contributed by atoms with van der Waals surface area (Å²) >= 11 is 0. The Morgan fingerprint density at radius 2 is 2.05 bits per heavy atom. The fourth-order valence-electron chi connectivity index (χ4n) is 1.84. The Hall–Kier alpha value is -2.10. The highest BCUT2D eigenvalue weighted by Crippen LogP contribution is 2.20. The summed E-state index contributed by atoms with van der Waals surface area (Å²) in [5.74, 6) is 0.793. The van der Waals surface area contributed by atoms with Gasteiger partial charge in [0.1, 0.15) is 0 Å². The second-order valence-electron chi connectivity index (χ2n) is 4.45. The molecule has 2 rings (SSSR count). The molecule has 0 fully saturated rings. The summed E-state index contributed by atoms with van der Waals surface area (Å²) < 4.78 is 5.21. The molecule has 0 aliphatic rings. The molecule has 1 amide bonds. The zero-order valence-electron chi connectivity index (χ0n) is 11.1. The van der Waals surface area contributed by atoms with Crippen LogP contribution in [0.1, 0.15) is 32.6 Å². The summed E-state index contributed by atoms with van der Waals surface area (Å²) in [5, 5.41) is 2.89. The summed E-state index contributed by atoms with van der Waals surface area (Å²) in [6.07, 6.45) is 6.81. The minimum atomic E-state index is 0.0702. The monoisotopic (exact) mass is 258 g/mol. The van der Waals surface area contributed by atoms with Crippen LogP contribution in [-0.2, 0) is 4.79 Å². The van der Waals surface area contributed by atoms with Gasteiger partial charge in [0.15, 0.2) is 12.2 Å². The SMILES string of the molecule is CCCCCC(=O)Nc1ccc(-c2cnco2)cc1. The first-order chi connectivity index (χ1) is 9.29. The summed E-state index contributed by atoms with van der Waals surface area (Å²) in [5.41, 5.74) is 1.76. The van der Waals surface area contributed by atoms with Gasteiger partial charge in [-0.2, -0.15) is 0 Å². The smallest absolute Gasteiger partial charge is 0.224 e. The van der Waals surface area contributed by atoms with Crippen molar-refractivity contribution in [1.29, 1.82) is 0 Å². The van der Waals surface area contributed by atoms with Crippen LogP contribution in [0.25, 0.3) is 11.3 Å². The Morgan fingerprint density at radius 3 is 2.68 bits per heavy atom. The lowest BCUT2D eigenvalue weighted by Gasteiger charge is -2.05. The molecule has 0 spiro atoms. The average Bonchev–Trinajstić information content (AvgIpc) is 2.94. The van der Waals surface area contributed by atoms with Crippen molar-refractivity contribution < 1.29 is 9.21 Å². The molecule has 1 aromatic heterocycles. The molecule has 0 saturated heterocycles. The van der Waals surface area contributed by atoms with Gasteiger partial charge in [-0.15, -0.1) is 0 Å². The lowest BCUT2D eigenvalue weighted by atomic mass is 10.1. The van der Waals surface area contributed by atoms with Gasteiger partial charge in [0.05, 0.1) is 6.20 Å². The predicted molar refractivity (Wildman–Crippen MR) is 74.7 cm³/mol. The van der Waals surface area contributed by atoms with Crippen LogP contribution in [0.15, 0.2) is 41.3 Å². The molecular weight excluding hydrogens is 240 g/mol. The molecular formula is C15H18N2O2. The standard InChI is InChI=1S/C15H18N2O2/c1-2-3-4-5-15(18)17-13-8-6-12(7-9-13)14-10-16-11-19-14/h6-11H,2-5H2,1H3,(H,17,18). The Kier molecular flexibility index (Phi) is 4.72. The van der Waals surface area contributed by atoms with Crippen molar-refractivity contribution >= 4 is 11.6 Å². The Bertz CT molecular complexity index is 503. The van der Waals surface area contributed by atoms with Crippen LogP contribution in [0.4, 0.5) is 5.69 Å². The van der Waals surface area contributed by atoms with Crippen LogP contribution in [0.5, 0.6) is 0 Å².